The van der Waals surface area contributed by atoms with Crippen LogP contribution in [0.2, 0.25) is 3.63 Å². The molecule has 0 spiro atoms. The van der Waals surface area contributed by atoms with Gasteiger partial charge in [-0.15, -0.1) is 0 Å². The Labute approximate surface area is 152 Å². The zero-order valence-corrected chi connectivity index (χ0v) is 18.5. The van der Waals surface area contributed by atoms with Crippen molar-refractivity contribution in [3.05, 3.63) is 44.6 Å². The Hall–Kier alpha value is -0.157. The van der Waals surface area contributed by atoms with Crippen LogP contribution in [0.3, 0.4) is 0 Å². The summed E-state index contributed by atoms with van der Waals surface area (Å²) in [6, 6.07) is 0. The average molecular weight is 375 g/mol. The van der Waals surface area contributed by atoms with Crippen LogP contribution in [-0.2, 0) is 24.7 Å². The van der Waals surface area contributed by atoms with Crippen molar-refractivity contribution in [2.24, 2.45) is 10.8 Å². The summed E-state index contributed by atoms with van der Waals surface area (Å²) in [5.74, 6) is 0. The monoisotopic (exact) mass is 373 g/mol. The summed E-state index contributed by atoms with van der Waals surface area (Å²) in [5.41, 5.74) is 13.0. The van der Waals surface area contributed by atoms with E-state index in [9.17, 15) is 0 Å². The van der Waals surface area contributed by atoms with Gasteiger partial charge in [0, 0.05) is 0 Å². The van der Waals surface area contributed by atoms with Crippen LogP contribution < -0.4 is 0 Å². The van der Waals surface area contributed by atoms with Crippen LogP contribution in [0.25, 0.3) is 0 Å². The van der Waals surface area contributed by atoms with E-state index >= 15 is 0 Å². The van der Waals surface area contributed by atoms with Crippen molar-refractivity contribution in [2.45, 2.75) is 72.9 Å². The summed E-state index contributed by atoms with van der Waals surface area (Å²) in [5, 5.41) is 0. The van der Waals surface area contributed by atoms with Crippen molar-refractivity contribution in [2.75, 3.05) is 0 Å². The molecule has 0 aromatic heterocycles. The third-order valence-electron chi connectivity index (χ3n) is 6.86. The second kappa shape index (κ2) is 5.44. The molecule has 22 heavy (non-hydrogen) atoms. The molecule has 0 amide bonds. The number of hydrogen-bond acceptors (Lipinski definition) is 0. The van der Waals surface area contributed by atoms with Gasteiger partial charge in [-0.2, -0.15) is 0 Å². The predicted octanol–water partition coefficient (Wildman–Crippen LogP) is 6.71. The normalized spacial score (nSPS) is 24.5. The Bertz CT molecular complexity index is 602. The van der Waals surface area contributed by atoms with E-state index < -0.39 is 0 Å². The van der Waals surface area contributed by atoms with Gasteiger partial charge >= 0.3 is 153 Å². The first-order valence-corrected chi connectivity index (χ1v) is 9.79. The van der Waals surface area contributed by atoms with Gasteiger partial charge in [0.2, 0.25) is 0 Å². The first kappa shape index (κ1) is 18.2. The van der Waals surface area contributed by atoms with Gasteiger partial charge in [0.15, 0.2) is 0 Å². The molecular weight excluding hydrogens is 343 g/mol. The SMILES string of the molecule is CC1=C(C)C(C)(C)C([CH]([Zr])C2=C(C)C(C)=C(C)C2(C)C)=C1C. The van der Waals surface area contributed by atoms with Gasteiger partial charge in [-0.25, -0.2) is 0 Å². The Kier molecular flexibility index (Phi) is 4.50. The molecule has 0 heterocycles. The van der Waals surface area contributed by atoms with Crippen molar-refractivity contribution in [1.29, 1.82) is 0 Å². The van der Waals surface area contributed by atoms with Gasteiger partial charge in [0.1, 0.15) is 0 Å². The summed E-state index contributed by atoms with van der Waals surface area (Å²) in [4.78, 5) is 0. The molecule has 2 aliphatic rings. The number of allylic oxidation sites excluding steroid dienone is 8. The quantitative estimate of drug-likeness (QED) is 0.504. The van der Waals surface area contributed by atoms with Gasteiger partial charge in [-0.3, -0.25) is 0 Å². The molecule has 2 rings (SSSR count). The van der Waals surface area contributed by atoms with Gasteiger partial charge in [-0.1, -0.05) is 0 Å². The molecule has 0 saturated carbocycles. The van der Waals surface area contributed by atoms with Crippen LogP contribution in [0.1, 0.15) is 69.2 Å². The maximum atomic E-state index is 2.42. The van der Waals surface area contributed by atoms with Crippen molar-refractivity contribution < 1.29 is 24.7 Å². The summed E-state index contributed by atoms with van der Waals surface area (Å²) in [6.45, 7) is 23.6. The molecule has 0 N–H and O–H groups in total. The summed E-state index contributed by atoms with van der Waals surface area (Å²) in [6.07, 6.45) is 0. The molecule has 0 aromatic rings. The fraction of sp³-hybridized carbons (Fsp3) is 0.619. The molecule has 0 atom stereocenters. The Morgan fingerprint density at radius 3 is 1.05 bits per heavy atom. The van der Waals surface area contributed by atoms with Gasteiger partial charge in [-0.05, 0) is 0 Å². The van der Waals surface area contributed by atoms with Gasteiger partial charge < -0.3 is 0 Å². The van der Waals surface area contributed by atoms with Crippen molar-refractivity contribution >= 4 is 0 Å². The molecule has 0 saturated heterocycles. The number of hydrogen-bond donors (Lipinski definition) is 0. The van der Waals surface area contributed by atoms with E-state index in [0.717, 1.165) is 0 Å². The summed E-state index contributed by atoms with van der Waals surface area (Å²) < 4.78 is 0.594. The van der Waals surface area contributed by atoms with Gasteiger partial charge in [0.05, 0.1) is 0 Å². The van der Waals surface area contributed by atoms with Crippen LogP contribution in [-0.4, -0.2) is 0 Å². The maximum absolute atomic E-state index is 2.42. The second-order valence-corrected chi connectivity index (χ2v) is 9.68. The first-order valence-electron chi connectivity index (χ1n) is 8.37. The van der Waals surface area contributed by atoms with Crippen molar-refractivity contribution in [3.63, 3.8) is 0 Å². The van der Waals surface area contributed by atoms with E-state index in [2.05, 4.69) is 69.2 Å². The molecule has 0 aromatic carbocycles. The zero-order chi connectivity index (χ0) is 17.2. The number of rotatable bonds is 2. The summed E-state index contributed by atoms with van der Waals surface area (Å²) in [7, 11) is 0. The van der Waals surface area contributed by atoms with E-state index in [1.165, 1.54) is 11.1 Å². The molecule has 0 aliphatic heterocycles. The van der Waals surface area contributed by atoms with Crippen LogP contribution in [0.5, 0.6) is 0 Å². The molecule has 1 heteroatoms. The molecule has 0 radical (unpaired) electrons. The van der Waals surface area contributed by atoms with E-state index in [0.29, 0.717) is 3.63 Å². The summed E-state index contributed by atoms with van der Waals surface area (Å²) >= 11 is 1.63. The standard InChI is InChI=1S/C21H31.Zr/c1-12-14(3)18(20(7,8)16(12)5)11-19-15(4)13(2)17(6)21(19,9)10;/h11H,1-10H3;. The molecule has 0 bridgehead atoms. The van der Waals surface area contributed by atoms with E-state index in [1.807, 2.05) is 0 Å². The van der Waals surface area contributed by atoms with E-state index in [4.69, 9.17) is 0 Å². The fourth-order valence-electron chi connectivity index (χ4n) is 4.54. The molecule has 0 unspecified atom stereocenters. The Morgan fingerprint density at radius 2 is 0.864 bits per heavy atom. The zero-order valence-electron chi connectivity index (χ0n) is 16.1. The first-order chi connectivity index (χ1) is 9.86. The van der Waals surface area contributed by atoms with Crippen molar-refractivity contribution in [1.82, 2.24) is 0 Å². The van der Waals surface area contributed by atoms with E-state index in [-0.39, 0.29) is 10.8 Å². The van der Waals surface area contributed by atoms with Crippen LogP contribution >= 0.6 is 0 Å². The van der Waals surface area contributed by atoms with Crippen molar-refractivity contribution in [3.8, 4) is 0 Å². The van der Waals surface area contributed by atoms with Crippen LogP contribution in [0.15, 0.2) is 44.6 Å². The molecule has 2 aliphatic carbocycles. The molecule has 119 valence electrons. The minimum absolute atomic E-state index is 0.204. The minimum atomic E-state index is 0.204. The molecular formula is C21H31Zr. The molecule has 0 fully saturated rings. The average Bonchev–Trinajstić information content (AvgIpc) is 2.66. The van der Waals surface area contributed by atoms with E-state index in [1.54, 1.807) is 58.2 Å². The Balaban J connectivity index is 2.59. The van der Waals surface area contributed by atoms with Crippen LogP contribution in [0, 0.1) is 10.8 Å². The third-order valence-corrected chi connectivity index (χ3v) is 8.28. The predicted molar refractivity (Wildman–Crippen MR) is 93.5 cm³/mol. The van der Waals surface area contributed by atoms with Crippen LogP contribution in [0.4, 0.5) is 0 Å². The van der Waals surface area contributed by atoms with Gasteiger partial charge in [0.25, 0.3) is 0 Å². The third kappa shape index (κ3) is 2.26. The Morgan fingerprint density at radius 1 is 0.591 bits per heavy atom. The fourth-order valence-corrected chi connectivity index (χ4v) is 7.38. The molecule has 0 nitrogen and oxygen atoms in total. The second-order valence-electron chi connectivity index (χ2n) is 8.26. The topological polar surface area (TPSA) is 0 Å².